The molecule has 1 saturated heterocycles. The van der Waals surface area contributed by atoms with E-state index in [9.17, 15) is 5.11 Å². The van der Waals surface area contributed by atoms with E-state index in [1.54, 1.807) is 0 Å². The van der Waals surface area contributed by atoms with Crippen molar-refractivity contribution < 1.29 is 9.84 Å². The zero-order valence-electron chi connectivity index (χ0n) is 13.5. The Bertz CT molecular complexity index is 442. The van der Waals surface area contributed by atoms with Crippen LogP contribution >= 0.6 is 11.6 Å². The zero-order chi connectivity index (χ0) is 16.0. The van der Waals surface area contributed by atoms with Gasteiger partial charge in [0.25, 0.3) is 0 Å². The number of aliphatic hydroxyl groups excluding tert-OH is 1. The van der Waals surface area contributed by atoms with Crippen LogP contribution in [0, 0.1) is 0 Å². The van der Waals surface area contributed by atoms with E-state index in [2.05, 4.69) is 48.3 Å². The fourth-order valence-electron chi connectivity index (χ4n) is 2.67. The van der Waals surface area contributed by atoms with Crippen molar-refractivity contribution in [2.75, 3.05) is 32.1 Å². The third kappa shape index (κ3) is 5.21. The van der Waals surface area contributed by atoms with Crippen molar-refractivity contribution in [1.82, 2.24) is 10.2 Å². The lowest BCUT2D eigenvalue weighted by atomic mass is 9.95. The summed E-state index contributed by atoms with van der Waals surface area (Å²) in [4.78, 5) is 2.42. The number of nitrogens with one attached hydrogen (secondary N) is 1. The van der Waals surface area contributed by atoms with Gasteiger partial charge in [0.05, 0.1) is 18.8 Å². The molecule has 0 radical (unpaired) electrons. The maximum atomic E-state index is 9.62. The summed E-state index contributed by atoms with van der Waals surface area (Å²) in [5, 5.41) is 13.0. The minimum absolute atomic E-state index is 0.0903. The van der Waals surface area contributed by atoms with Gasteiger partial charge in [-0.05, 0) is 19.4 Å². The molecule has 0 spiro atoms. The fourth-order valence-corrected chi connectivity index (χ4v) is 2.78. The molecule has 2 atom stereocenters. The quantitative estimate of drug-likeness (QED) is 0.751. The van der Waals surface area contributed by atoms with Crippen molar-refractivity contribution in [1.29, 1.82) is 0 Å². The maximum absolute atomic E-state index is 9.62. The van der Waals surface area contributed by atoms with Gasteiger partial charge < -0.3 is 15.2 Å². The molecule has 2 rings (SSSR count). The minimum Gasteiger partial charge on any atom is -0.391 e. The van der Waals surface area contributed by atoms with Gasteiger partial charge in [0.15, 0.2) is 0 Å². The number of aliphatic hydroxyl groups is 1. The molecule has 4 nitrogen and oxygen atoms in total. The van der Waals surface area contributed by atoms with Crippen LogP contribution in [0.2, 0.25) is 0 Å². The Labute approximate surface area is 138 Å². The van der Waals surface area contributed by atoms with Crippen LogP contribution in [0.5, 0.6) is 0 Å². The van der Waals surface area contributed by atoms with Gasteiger partial charge in [0.2, 0.25) is 0 Å². The van der Waals surface area contributed by atoms with Crippen molar-refractivity contribution in [3.8, 4) is 0 Å². The Morgan fingerprint density at radius 1 is 1.41 bits per heavy atom. The van der Waals surface area contributed by atoms with Gasteiger partial charge in [-0.15, -0.1) is 11.6 Å². The fraction of sp³-hybridized carbons (Fsp3) is 0.647. The number of rotatable bonds is 7. The molecular formula is C17H27ClN2O2. The van der Waals surface area contributed by atoms with Crippen LogP contribution < -0.4 is 5.32 Å². The molecule has 22 heavy (non-hydrogen) atoms. The molecule has 1 aliphatic rings. The molecule has 1 aromatic carbocycles. The molecule has 2 N–H and O–H groups in total. The molecule has 1 fully saturated rings. The zero-order valence-corrected chi connectivity index (χ0v) is 14.2. The molecule has 0 saturated carbocycles. The number of halogens is 1. The summed E-state index contributed by atoms with van der Waals surface area (Å²) < 4.78 is 5.96. The highest BCUT2D eigenvalue weighted by atomic mass is 35.5. The summed E-state index contributed by atoms with van der Waals surface area (Å²) in [6, 6.07) is 10.5. The van der Waals surface area contributed by atoms with E-state index >= 15 is 0 Å². The highest BCUT2D eigenvalue weighted by molar-refractivity contribution is 6.18. The average Bonchev–Trinajstić information content (AvgIpc) is 2.54. The summed E-state index contributed by atoms with van der Waals surface area (Å²) in [5.41, 5.74) is 1.12. The molecule has 1 aromatic rings. The SMILES string of the molecule is CC(C)(NCC(O)CCl)C1CN(Cc2ccccc2)CCO1. The van der Waals surface area contributed by atoms with Crippen LogP contribution in [0.3, 0.4) is 0 Å². The Morgan fingerprint density at radius 3 is 2.82 bits per heavy atom. The molecule has 2 unspecified atom stereocenters. The van der Waals surface area contributed by atoms with Crippen molar-refractivity contribution >= 4 is 11.6 Å². The van der Waals surface area contributed by atoms with E-state index in [0.29, 0.717) is 6.54 Å². The molecule has 0 aliphatic carbocycles. The third-order valence-electron chi connectivity index (χ3n) is 4.18. The summed E-state index contributed by atoms with van der Waals surface area (Å²) in [6.07, 6.45) is -0.433. The second-order valence-corrected chi connectivity index (χ2v) is 6.80. The highest BCUT2D eigenvalue weighted by Gasteiger charge is 2.34. The van der Waals surface area contributed by atoms with Gasteiger partial charge in [-0.3, -0.25) is 4.90 Å². The van der Waals surface area contributed by atoms with Gasteiger partial charge in [-0.2, -0.15) is 0 Å². The molecular weight excluding hydrogens is 300 g/mol. The number of benzene rings is 1. The van der Waals surface area contributed by atoms with Crippen LogP contribution in [0.4, 0.5) is 0 Å². The smallest absolute Gasteiger partial charge is 0.0878 e. The first-order chi connectivity index (χ1) is 10.5. The predicted molar refractivity (Wildman–Crippen MR) is 90.3 cm³/mol. The molecule has 1 aliphatic heterocycles. The van der Waals surface area contributed by atoms with Gasteiger partial charge >= 0.3 is 0 Å². The molecule has 0 amide bonds. The van der Waals surface area contributed by atoms with E-state index in [4.69, 9.17) is 16.3 Å². The van der Waals surface area contributed by atoms with E-state index < -0.39 is 6.10 Å². The van der Waals surface area contributed by atoms with Gasteiger partial charge in [-0.25, -0.2) is 0 Å². The topological polar surface area (TPSA) is 44.7 Å². The van der Waals surface area contributed by atoms with Crippen molar-refractivity contribution in [2.24, 2.45) is 0 Å². The average molecular weight is 327 g/mol. The lowest BCUT2D eigenvalue weighted by Crippen LogP contribution is -2.59. The van der Waals surface area contributed by atoms with Crippen molar-refractivity contribution in [3.05, 3.63) is 35.9 Å². The lowest BCUT2D eigenvalue weighted by molar-refractivity contribution is -0.0713. The van der Waals surface area contributed by atoms with Gasteiger partial charge in [0, 0.05) is 37.6 Å². The summed E-state index contributed by atoms with van der Waals surface area (Å²) in [7, 11) is 0. The Morgan fingerprint density at radius 2 is 2.14 bits per heavy atom. The number of morpholine rings is 1. The van der Waals surface area contributed by atoms with Crippen LogP contribution in [0.15, 0.2) is 30.3 Å². The van der Waals surface area contributed by atoms with Gasteiger partial charge in [-0.1, -0.05) is 30.3 Å². The molecule has 5 heteroatoms. The number of β-amino-alcohol motifs (C(OH)–C–C–N with tert-alkyl or cyclic N) is 1. The predicted octanol–water partition coefficient (Wildman–Crippen LogP) is 1.86. The van der Waals surface area contributed by atoms with Crippen molar-refractivity contribution in [2.45, 2.75) is 38.1 Å². The van der Waals surface area contributed by atoms with E-state index in [1.807, 2.05) is 6.07 Å². The molecule has 0 aromatic heterocycles. The number of hydrogen-bond acceptors (Lipinski definition) is 4. The van der Waals surface area contributed by atoms with Crippen LogP contribution in [0.1, 0.15) is 19.4 Å². The maximum Gasteiger partial charge on any atom is 0.0878 e. The summed E-state index contributed by atoms with van der Waals surface area (Å²) >= 11 is 5.65. The summed E-state index contributed by atoms with van der Waals surface area (Å²) in [5.74, 6) is 0.245. The van der Waals surface area contributed by atoms with Crippen LogP contribution in [-0.4, -0.2) is 59.9 Å². The largest absolute Gasteiger partial charge is 0.391 e. The number of hydrogen-bond donors (Lipinski definition) is 2. The number of nitrogens with zero attached hydrogens (tertiary/aromatic N) is 1. The van der Waals surface area contributed by atoms with Crippen molar-refractivity contribution in [3.63, 3.8) is 0 Å². The Balaban J connectivity index is 1.89. The molecule has 1 heterocycles. The molecule has 0 bridgehead atoms. The van der Waals surface area contributed by atoms with E-state index in [1.165, 1.54) is 5.56 Å². The van der Waals surface area contributed by atoms with E-state index in [0.717, 1.165) is 26.2 Å². The Hall–Kier alpha value is -0.650. The Kier molecular flexibility index (Phi) is 6.66. The minimum atomic E-state index is -0.523. The molecule has 124 valence electrons. The van der Waals surface area contributed by atoms with E-state index in [-0.39, 0.29) is 17.5 Å². The first kappa shape index (κ1) is 17.7. The first-order valence-corrected chi connectivity index (χ1v) is 8.41. The second-order valence-electron chi connectivity index (χ2n) is 6.49. The number of ether oxygens (including phenoxy) is 1. The third-order valence-corrected chi connectivity index (χ3v) is 4.53. The lowest BCUT2D eigenvalue weighted by Gasteiger charge is -2.42. The first-order valence-electron chi connectivity index (χ1n) is 7.88. The van der Waals surface area contributed by atoms with Gasteiger partial charge in [0.1, 0.15) is 0 Å². The monoisotopic (exact) mass is 326 g/mol. The second kappa shape index (κ2) is 8.27. The standard InChI is InChI=1S/C17H27ClN2O2/c1-17(2,19-11-15(21)10-18)16-13-20(8-9-22-16)12-14-6-4-3-5-7-14/h3-7,15-16,19,21H,8-13H2,1-2H3. The van der Waals surface area contributed by atoms with Crippen LogP contribution in [0.25, 0.3) is 0 Å². The number of alkyl halides is 1. The highest BCUT2D eigenvalue weighted by Crippen LogP contribution is 2.19. The van der Waals surface area contributed by atoms with Crippen LogP contribution in [-0.2, 0) is 11.3 Å². The summed E-state index contributed by atoms with van der Waals surface area (Å²) in [6.45, 7) is 8.23. The normalized spacial score (nSPS) is 21.7.